The van der Waals surface area contributed by atoms with Crippen LogP contribution in [0.15, 0.2) is 48.8 Å². The molecule has 0 radical (unpaired) electrons. The fourth-order valence-electron chi connectivity index (χ4n) is 3.03. The van der Waals surface area contributed by atoms with Crippen molar-refractivity contribution >= 4 is 35.1 Å². The zero-order chi connectivity index (χ0) is 19.0. The molecule has 2 aromatic carbocycles. The van der Waals surface area contributed by atoms with E-state index in [1.807, 2.05) is 34.9 Å². The first-order valence-corrected chi connectivity index (χ1v) is 9.61. The van der Waals surface area contributed by atoms with E-state index >= 15 is 0 Å². The summed E-state index contributed by atoms with van der Waals surface area (Å²) in [4.78, 5) is 16.5. The number of nitrogens with one attached hydrogen (secondary N) is 1. The zero-order valence-corrected chi connectivity index (χ0v) is 15.9. The van der Waals surface area contributed by atoms with Gasteiger partial charge in [0.1, 0.15) is 6.33 Å². The molecule has 1 unspecified atom stereocenters. The number of carbonyl (C=O) groups excluding carboxylic acids is 1. The molecular formula is C19H16ClN3O3S. The monoisotopic (exact) mass is 401 g/mol. The number of ether oxygens (including phenoxy) is 1. The second-order valence-electron chi connectivity index (χ2n) is 6.00. The van der Waals surface area contributed by atoms with Gasteiger partial charge in [0.25, 0.3) is 0 Å². The van der Waals surface area contributed by atoms with Crippen LogP contribution in [-0.2, 0) is 4.79 Å². The summed E-state index contributed by atoms with van der Waals surface area (Å²) in [5.41, 5.74) is 2.64. The Morgan fingerprint density at radius 3 is 2.81 bits per heavy atom. The van der Waals surface area contributed by atoms with Crippen LogP contribution in [0.3, 0.4) is 0 Å². The Hall–Kier alpha value is -2.64. The van der Waals surface area contributed by atoms with Crippen molar-refractivity contribution in [2.75, 3.05) is 18.2 Å². The number of halogens is 1. The van der Waals surface area contributed by atoms with Crippen molar-refractivity contribution < 1.29 is 14.6 Å². The standard InChI is InChI=1S/C19H16ClN3O3S/c1-26-15-8-11(2-7-14(15)24)18-17-19(22-16(25)9-27-18)21-10-23(17)13-5-3-12(20)4-6-13/h2-8,10,18,24H,9H2,1H3,(H,22,25). The second kappa shape index (κ2) is 7.17. The highest BCUT2D eigenvalue weighted by atomic mass is 35.5. The third-order valence-corrected chi connectivity index (χ3v) is 5.81. The molecule has 3 aromatic rings. The van der Waals surface area contributed by atoms with Crippen LogP contribution in [0.5, 0.6) is 11.5 Å². The number of aromatic nitrogens is 2. The zero-order valence-electron chi connectivity index (χ0n) is 14.3. The Bertz CT molecular complexity index is 1000. The number of phenols is 1. The predicted octanol–water partition coefficient (Wildman–Crippen LogP) is 4.01. The van der Waals surface area contributed by atoms with Gasteiger partial charge in [0.05, 0.1) is 23.8 Å². The number of nitrogens with zero attached hydrogens (tertiary/aromatic N) is 2. The Kier molecular flexibility index (Phi) is 4.72. The maximum absolute atomic E-state index is 12.1. The number of methoxy groups -OCH3 is 1. The molecule has 138 valence electrons. The van der Waals surface area contributed by atoms with Crippen LogP contribution in [0.2, 0.25) is 5.02 Å². The number of rotatable bonds is 3. The van der Waals surface area contributed by atoms with Crippen molar-refractivity contribution in [2.24, 2.45) is 0 Å². The number of imidazole rings is 1. The summed E-state index contributed by atoms with van der Waals surface area (Å²) in [7, 11) is 1.51. The number of aromatic hydroxyl groups is 1. The summed E-state index contributed by atoms with van der Waals surface area (Å²) in [6.07, 6.45) is 1.69. The first-order valence-electron chi connectivity index (χ1n) is 8.18. The lowest BCUT2D eigenvalue weighted by molar-refractivity contribution is -0.113. The van der Waals surface area contributed by atoms with E-state index in [1.165, 1.54) is 18.9 Å². The number of hydrogen-bond donors (Lipinski definition) is 2. The summed E-state index contributed by atoms with van der Waals surface area (Å²) < 4.78 is 7.19. The number of anilines is 1. The van der Waals surface area contributed by atoms with E-state index in [0.717, 1.165) is 16.9 Å². The number of amides is 1. The SMILES string of the molecule is COc1cc(C2SCC(=O)Nc3ncn(-c4ccc(Cl)cc4)c32)ccc1O. The van der Waals surface area contributed by atoms with Crippen LogP contribution in [0.1, 0.15) is 16.5 Å². The quantitative estimate of drug-likeness (QED) is 0.693. The first-order chi connectivity index (χ1) is 13.1. The summed E-state index contributed by atoms with van der Waals surface area (Å²) in [5, 5.41) is 13.3. The third-order valence-electron chi connectivity index (χ3n) is 4.30. The molecule has 6 nitrogen and oxygen atoms in total. The van der Waals surface area contributed by atoms with Crippen LogP contribution in [0.4, 0.5) is 5.82 Å². The van der Waals surface area contributed by atoms with Gasteiger partial charge in [-0.3, -0.25) is 9.36 Å². The Morgan fingerprint density at radius 1 is 1.30 bits per heavy atom. The van der Waals surface area contributed by atoms with Crippen molar-refractivity contribution in [1.82, 2.24) is 9.55 Å². The smallest absolute Gasteiger partial charge is 0.235 e. The number of carbonyl (C=O) groups is 1. The van der Waals surface area contributed by atoms with Gasteiger partial charge in [-0.2, -0.15) is 0 Å². The maximum atomic E-state index is 12.1. The minimum absolute atomic E-state index is 0.0699. The van der Waals surface area contributed by atoms with E-state index in [2.05, 4.69) is 10.3 Å². The van der Waals surface area contributed by atoms with Crippen LogP contribution < -0.4 is 10.1 Å². The molecule has 1 aliphatic rings. The Labute approximate surface area is 165 Å². The highest BCUT2D eigenvalue weighted by molar-refractivity contribution is 8.00. The third kappa shape index (κ3) is 3.36. The molecule has 0 saturated heterocycles. The molecule has 2 N–H and O–H groups in total. The van der Waals surface area contributed by atoms with Crippen LogP contribution in [0.25, 0.3) is 5.69 Å². The Balaban J connectivity index is 1.87. The highest BCUT2D eigenvalue weighted by Gasteiger charge is 2.29. The van der Waals surface area contributed by atoms with Crippen molar-refractivity contribution in [3.05, 3.63) is 65.1 Å². The highest BCUT2D eigenvalue weighted by Crippen LogP contribution is 2.44. The molecule has 0 spiro atoms. The molecule has 1 aliphatic heterocycles. The molecule has 1 aromatic heterocycles. The number of benzene rings is 2. The maximum Gasteiger partial charge on any atom is 0.235 e. The van der Waals surface area contributed by atoms with Gasteiger partial charge in [0, 0.05) is 10.7 Å². The fraction of sp³-hybridized carbons (Fsp3) is 0.158. The molecular weight excluding hydrogens is 386 g/mol. The van der Waals surface area contributed by atoms with Gasteiger partial charge >= 0.3 is 0 Å². The van der Waals surface area contributed by atoms with Crippen molar-refractivity contribution in [3.8, 4) is 17.2 Å². The van der Waals surface area contributed by atoms with Gasteiger partial charge in [0.15, 0.2) is 17.3 Å². The average molecular weight is 402 g/mol. The first kappa shape index (κ1) is 17.8. The molecule has 1 amide bonds. The van der Waals surface area contributed by atoms with Gasteiger partial charge in [-0.05, 0) is 42.0 Å². The predicted molar refractivity (Wildman–Crippen MR) is 106 cm³/mol. The summed E-state index contributed by atoms with van der Waals surface area (Å²) in [5.74, 6) is 1.18. The van der Waals surface area contributed by atoms with Gasteiger partial charge in [-0.15, -0.1) is 11.8 Å². The van der Waals surface area contributed by atoms with E-state index in [1.54, 1.807) is 18.5 Å². The molecule has 4 rings (SSSR count). The van der Waals surface area contributed by atoms with Gasteiger partial charge in [-0.25, -0.2) is 4.98 Å². The molecule has 27 heavy (non-hydrogen) atoms. The average Bonchev–Trinajstić information content (AvgIpc) is 2.99. The number of fused-ring (bicyclic) bond motifs is 1. The Morgan fingerprint density at radius 2 is 2.07 bits per heavy atom. The summed E-state index contributed by atoms with van der Waals surface area (Å²) >= 11 is 7.50. The number of phenolic OH excluding ortho intramolecular Hbond substituents is 1. The van der Waals surface area contributed by atoms with Crippen molar-refractivity contribution in [3.63, 3.8) is 0 Å². The molecule has 8 heteroatoms. The summed E-state index contributed by atoms with van der Waals surface area (Å²) in [6, 6.07) is 12.6. The van der Waals surface area contributed by atoms with E-state index in [9.17, 15) is 9.90 Å². The van der Waals surface area contributed by atoms with E-state index in [0.29, 0.717) is 22.3 Å². The minimum Gasteiger partial charge on any atom is -0.504 e. The number of hydrogen-bond acceptors (Lipinski definition) is 5. The van der Waals surface area contributed by atoms with E-state index in [4.69, 9.17) is 16.3 Å². The lowest BCUT2D eigenvalue weighted by atomic mass is 10.1. The molecule has 0 aliphatic carbocycles. The lowest BCUT2D eigenvalue weighted by Crippen LogP contribution is -2.12. The molecule has 0 fully saturated rings. The molecule has 2 heterocycles. The molecule has 1 atom stereocenters. The van der Waals surface area contributed by atoms with Crippen molar-refractivity contribution in [1.29, 1.82) is 0 Å². The number of thioether (sulfide) groups is 1. The van der Waals surface area contributed by atoms with Gasteiger partial charge in [-0.1, -0.05) is 17.7 Å². The largest absolute Gasteiger partial charge is 0.504 e. The fourth-order valence-corrected chi connectivity index (χ4v) is 4.27. The van der Waals surface area contributed by atoms with E-state index in [-0.39, 0.29) is 16.9 Å². The molecule has 0 saturated carbocycles. The van der Waals surface area contributed by atoms with Crippen molar-refractivity contribution in [2.45, 2.75) is 5.25 Å². The molecule has 0 bridgehead atoms. The topological polar surface area (TPSA) is 76.4 Å². The normalized spacial score (nSPS) is 16.4. The van der Waals surface area contributed by atoms with Crippen LogP contribution >= 0.6 is 23.4 Å². The van der Waals surface area contributed by atoms with Crippen LogP contribution in [0, 0.1) is 0 Å². The van der Waals surface area contributed by atoms with Crippen LogP contribution in [-0.4, -0.2) is 33.4 Å². The van der Waals surface area contributed by atoms with Gasteiger partial charge in [0.2, 0.25) is 5.91 Å². The second-order valence-corrected chi connectivity index (χ2v) is 7.53. The van der Waals surface area contributed by atoms with Gasteiger partial charge < -0.3 is 15.2 Å². The lowest BCUT2D eigenvalue weighted by Gasteiger charge is -2.19. The van der Waals surface area contributed by atoms with E-state index < -0.39 is 0 Å². The minimum atomic E-state index is -0.174. The summed E-state index contributed by atoms with van der Waals surface area (Å²) in [6.45, 7) is 0.